The molecule has 1 fully saturated rings. The average Bonchev–Trinajstić information content (AvgIpc) is 2.47. The minimum absolute atomic E-state index is 0.0253. The van der Waals surface area contributed by atoms with Crippen molar-refractivity contribution in [1.82, 2.24) is 0 Å². The van der Waals surface area contributed by atoms with Crippen LogP contribution in [0.5, 0.6) is 0 Å². The third kappa shape index (κ3) is 3.84. The highest BCUT2D eigenvalue weighted by Crippen LogP contribution is 2.32. The monoisotopic (exact) mass is 309 g/mol. The summed E-state index contributed by atoms with van der Waals surface area (Å²) in [6.07, 6.45) is -3.55. The fourth-order valence-corrected chi connectivity index (χ4v) is 3.43. The van der Waals surface area contributed by atoms with Crippen molar-refractivity contribution < 1.29 is 30.4 Å². The van der Waals surface area contributed by atoms with Crippen molar-refractivity contribution in [2.45, 2.75) is 56.5 Å². The summed E-state index contributed by atoms with van der Waals surface area (Å²) >= 11 is 1.00. The summed E-state index contributed by atoms with van der Waals surface area (Å²) in [6.45, 7) is 3.43. The lowest BCUT2D eigenvalue weighted by Gasteiger charge is -2.39. The quantitative estimate of drug-likeness (QED) is 0.205. The van der Waals surface area contributed by atoms with Gasteiger partial charge in [0.2, 0.25) is 0 Å². The summed E-state index contributed by atoms with van der Waals surface area (Å²) in [5.41, 5.74) is -0.906. The topological polar surface area (TPSA) is 123 Å². The van der Waals surface area contributed by atoms with E-state index in [0.29, 0.717) is 5.04 Å². The zero-order valence-corrected chi connectivity index (χ0v) is 12.4. The van der Waals surface area contributed by atoms with Crippen molar-refractivity contribution >= 4 is 16.8 Å². The van der Waals surface area contributed by atoms with Gasteiger partial charge in [0.25, 0.3) is 0 Å². The van der Waals surface area contributed by atoms with E-state index in [9.17, 15) is 15.3 Å². The Balaban J connectivity index is 2.79. The highest BCUT2D eigenvalue weighted by Gasteiger charge is 2.44. The van der Waals surface area contributed by atoms with Crippen LogP contribution in [0, 0.1) is 5.92 Å². The first-order valence-electron chi connectivity index (χ1n) is 6.69. The van der Waals surface area contributed by atoms with Crippen LogP contribution in [0.3, 0.4) is 0 Å². The molecule has 8 heteroatoms. The highest BCUT2D eigenvalue weighted by atomic mass is 32.2. The molecule has 0 radical (unpaired) electrons. The Hall–Kier alpha value is -0.380. The van der Waals surface area contributed by atoms with Crippen molar-refractivity contribution in [3.8, 4) is 0 Å². The number of hydrogen-bond acceptors (Lipinski definition) is 8. The lowest BCUT2D eigenvalue weighted by molar-refractivity contribution is -0.205. The lowest BCUT2D eigenvalue weighted by atomic mass is 10.0. The molecule has 0 bridgehead atoms. The van der Waals surface area contributed by atoms with Gasteiger partial charge in [-0.05, 0) is 12.8 Å². The van der Waals surface area contributed by atoms with Gasteiger partial charge in [0.15, 0.2) is 0 Å². The van der Waals surface area contributed by atoms with Crippen LogP contribution < -0.4 is 0 Å². The number of aliphatic hydroxyl groups excluding tert-OH is 4. The minimum atomic E-state index is -1.42. The molecule has 20 heavy (non-hydrogen) atoms. The summed E-state index contributed by atoms with van der Waals surface area (Å²) < 4.78 is 5.36. The van der Waals surface area contributed by atoms with Crippen LogP contribution in [0.15, 0.2) is 5.16 Å². The molecule has 1 rings (SSSR count). The summed E-state index contributed by atoms with van der Waals surface area (Å²) in [6, 6.07) is 0. The number of oxime groups is 1. The Labute approximate surface area is 122 Å². The van der Waals surface area contributed by atoms with Gasteiger partial charge in [0, 0.05) is 5.92 Å². The Morgan fingerprint density at radius 2 is 1.75 bits per heavy atom. The van der Waals surface area contributed by atoms with Gasteiger partial charge in [0.05, 0.1) is 6.61 Å². The van der Waals surface area contributed by atoms with Crippen molar-refractivity contribution in [1.29, 1.82) is 0 Å². The average molecular weight is 309 g/mol. The smallest absolute Gasteiger partial charge is 0.138 e. The third-order valence-electron chi connectivity index (χ3n) is 3.52. The molecule has 0 unspecified atom stereocenters. The van der Waals surface area contributed by atoms with Gasteiger partial charge in [-0.1, -0.05) is 30.8 Å². The van der Waals surface area contributed by atoms with Gasteiger partial charge in [-0.15, -0.1) is 0 Å². The molecule has 0 aliphatic carbocycles. The van der Waals surface area contributed by atoms with Crippen molar-refractivity contribution in [2.75, 3.05) is 6.61 Å². The van der Waals surface area contributed by atoms with E-state index in [1.165, 1.54) is 0 Å². The Morgan fingerprint density at radius 1 is 1.15 bits per heavy atom. The van der Waals surface area contributed by atoms with Crippen LogP contribution >= 0.6 is 11.8 Å². The Morgan fingerprint density at radius 3 is 2.20 bits per heavy atom. The van der Waals surface area contributed by atoms with E-state index in [2.05, 4.69) is 5.16 Å². The molecule has 0 amide bonds. The molecule has 1 saturated heterocycles. The minimum Gasteiger partial charge on any atom is -0.410 e. The predicted octanol–water partition coefficient (Wildman–Crippen LogP) is -0.257. The molecule has 1 aliphatic heterocycles. The molecule has 5 atom stereocenters. The van der Waals surface area contributed by atoms with E-state index in [-0.39, 0.29) is 5.92 Å². The Kier molecular flexibility index (Phi) is 7.21. The first-order chi connectivity index (χ1) is 9.49. The third-order valence-corrected chi connectivity index (χ3v) is 4.80. The number of ether oxygens (including phenoxy) is 1. The van der Waals surface area contributed by atoms with Gasteiger partial charge in [-0.3, -0.25) is 0 Å². The number of thioether (sulfide) groups is 1. The van der Waals surface area contributed by atoms with Crippen molar-refractivity contribution in [3.63, 3.8) is 0 Å². The van der Waals surface area contributed by atoms with Gasteiger partial charge < -0.3 is 30.4 Å². The highest BCUT2D eigenvalue weighted by molar-refractivity contribution is 8.14. The maximum absolute atomic E-state index is 9.92. The second-order valence-electron chi connectivity index (χ2n) is 4.77. The van der Waals surface area contributed by atoms with E-state index in [1.54, 1.807) is 0 Å². The van der Waals surface area contributed by atoms with Crippen LogP contribution in [0.2, 0.25) is 0 Å². The van der Waals surface area contributed by atoms with E-state index in [1.807, 2.05) is 13.8 Å². The molecule has 118 valence electrons. The predicted molar refractivity (Wildman–Crippen MR) is 74.7 cm³/mol. The van der Waals surface area contributed by atoms with Gasteiger partial charge in [0.1, 0.15) is 34.9 Å². The molecule has 1 heterocycles. The number of aliphatic hydroxyl groups is 4. The van der Waals surface area contributed by atoms with Gasteiger partial charge >= 0.3 is 0 Å². The van der Waals surface area contributed by atoms with Crippen LogP contribution in [-0.2, 0) is 4.74 Å². The lowest BCUT2D eigenvalue weighted by Crippen LogP contribution is -2.57. The SMILES string of the molecule is CCC(CC)/C(=N/O)S[C@@H]1O[C@H](CO)[C@@H](O)[C@H](O)[C@H]1O. The molecule has 0 spiro atoms. The molecular weight excluding hydrogens is 286 g/mol. The molecule has 1 aliphatic rings. The molecular formula is C12H23NO6S. The molecule has 0 aromatic rings. The molecule has 0 aromatic heterocycles. The number of hydrogen-bond donors (Lipinski definition) is 5. The Bertz CT molecular complexity index is 323. The maximum atomic E-state index is 9.92. The largest absolute Gasteiger partial charge is 0.410 e. The fourth-order valence-electron chi connectivity index (χ4n) is 2.12. The first kappa shape index (κ1) is 17.7. The summed E-state index contributed by atoms with van der Waals surface area (Å²) in [5.74, 6) is 0.0253. The van der Waals surface area contributed by atoms with Crippen molar-refractivity contribution in [3.05, 3.63) is 0 Å². The van der Waals surface area contributed by atoms with Crippen LogP contribution in [0.4, 0.5) is 0 Å². The number of rotatable bonds is 5. The maximum Gasteiger partial charge on any atom is 0.138 e. The summed E-state index contributed by atoms with van der Waals surface area (Å²) in [7, 11) is 0. The van der Waals surface area contributed by atoms with Crippen LogP contribution in [-0.4, -0.2) is 67.1 Å². The van der Waals surface area contributed by atoms with E-state index >= 15 is 0 Å². The second kappa shape index (κ2) is 8.16. The van der Waals surface area contributed by atoms with E-state index in [4.69, 9.17) is 15.1 Å². The standard InChI is InChI=1S/C12H23NO6S/c1-3-6(4-2)11(13-18)20-12-10(17)9(16)8(15)7(5-14)19-12/h6-10,12,14-18H,3-5H2,1-2H3/b13-11-/t7-,8-,9+,10-,12+/m1/s1. The van der Waals surface area contributed by atoms with E-state index < -0.39 is 36.5 Å². The summed E-state index contributed by atoms with van der Waals surface area (Å²) in [4.78, 5) is 0. The summed E-state index contributed by atoms with van der Waals surface area (Å²) in [5, 5.41) is 51.1. The van der Waals surface area contributed by atoms with Crippen LogP contribution in [0.1, 0.15) is 26.7 Å². The normalized spacial score (nSPS) is 35.5. The number of nitrogens with zero attached hydrogens (tertiary/aromatic N) is 1. The zero-order valence-electron chi connectivity index (χ0n) is 11.6. The molecule has 7 nitrogen and oxygen atoms in total. The zero-order chi connectivity index (χ0) is 15.3. The van der Waals surface area contributed by atoms with Gasteiger partial charge in [-0.25, -0.2) is 0 Å². The van der Waals surface area contributed by atoms with Crippen molar-refractivity contribution in [2.24, 2.45) is 11.1 Å². The molecule has 5 N–H and O–H groups in total. The van der Waals surface area contributed by atoms with E-state index in [0.717, 1.165) is 24.6 Å². The van der Waals surface area contributed by atoms with Gasteiger partial charge in [-0.2, -0.15) is 0 Å². The molecule has 0 aromatic carbocycles. The fraction of sp³-hybridized carbons (Fsp3) is 0.917. The second-order valence-corrected chi connectivity index (χ2v) is 5.89. The first-order valence-corrected chi connectivity index (χ1v) is 7.57. The van der Waals surface area contributed by atoms with Crippen LogP contribution in [0.25, 0.3) is 0 Å². The molecule has 0 saturated carbocycles.